The molecule has 1 aliphatic rings. The first kappa shape index (κ1) is 16.7. The Kier molecular flexibility index (Phi) is 6.22. The Morgan fingerprint density at radius 1 is 1.25 bits per heavy atom. The minimum atomic E-state index is -0.469. The molecule has 1 saturated carbocycles. The molecule has 1 aliphatic carbocycles. The Balaban J connectivity index is 2.00. The minimum Gasteiger partial charge on any atom is -0.444 e. The molecule has 0 aromatic carbocycles. The van der Waals surface area contributed by atoms with Gasteiger partial charge in [-0.2, -0.15) is 0 Å². The summed E-state index contributed by atoms with van der Waals surface area (Å²) < 4.78 is 10.2. The van der Waals surface area contributed by atoms with Gasteiger partial charge in [0, 0.05) is 18.6 Å². The van der Waals surface area contributed by atoms with Gasteiger partial charge in [0.05, 0.1) is 6.61 Å². The molecule has 4 N–H and O–H groups in total. The molecular weight excluding hydrogens is 262 g/mol. The van der Waals surface area contributed by atoms with Gasteiger partial charge in [-0.1, -0.05) is 0 Å². The van der Waals surface area contributed by atoms with Gasteiger partial charge in [0.25, 0.3) is 0 Å². The molecule has 0 spiro atoms. The van der Waals surface area contributed by atoms with Crippen LogP contribution >= 0.6 is 0 Å². The second kappa shape index (κ2) is 7.44. The molecule has 116 valence electrons. The van der Waals surface area contributed by atoms with E-state index in [-0.39, 0.29) is 18.7 Å². The van der Waals surface area contributed by atoms with E-state index in [1.165, 1.54) is 0 Å². The second-order valence-electron chi connectivity index (χ2n) is 5.98. The summed E-state index contributed by atoms with van der Waals surface area (Å²) in [6, 6.07) is 0.529. The molecule has 7 heteroatoms. The van der Waals surface area contributed by atoms with E-state index < -0.39 is 11.5 Å². The monoisotopic (exact) mass is 287 g/mol. The van der Waals surface area contributed by atoms with Crippen LogP contribution in [-0.4, -0.2) is 49.4 Å². The van der Waals surface area contributed by atoms with Crippen molar-refractivity contribution in [3.05, 3.63) is 0 Å². The Hall–Kier alpha value is -1.34. The van der Waals surface area contributed by atoms with E-state index >= 15 is 0 Å². The second-order valence-corrected chi connectivity index (χ2v) is 5.98. The Morgan fingerprint density at radius 2 is 1.90 bits per heavy atom. The van der Waals surface area contributed by atoms with Gasteiger partial charge >= 0.3 is 6.09 Å². The van der Waals surface area contributed by atoms with Crippen molar-refractivity contribution in [3.63, 3.8) is 0 Å². The Bertz CT molecular complexity index is 335. The highest BCUT2D eigenvalue weighted by Gasteiger charge is 2.31. The fourth-order valence-electron chi connectivity index (χ4n) is 1.88. The Labute approximate surface area is 119 Å². The Morgan fingerprint density at radius 3 is 2.45 bits per heavy atom. The number of primary amides is 1. The van der Waals surface area contributed by atoms with Crippen LogP contribution in [-0.2, 0) is 14.3 Å². The van der Waals surface area contributed by atoms with Crippen molar-refractivity contribution in [1.29, 1.82) is 0 Å². The third-order valence-corrected chi connectivity index (χ3v) is 2.78. The summed E-state index contributed by atoms with van der Waals surface area (Å²) >= 11 is 0. The van der Waals surface area contributed by atoms with Gasteiger partial charge in [0.2, 0.25) is 5.91 Å². The average molecular weight is 287 g/mol. The highest BCUT2D eigenvalue weighted by atomic mass is 16.6. The normalized spacial score (nSPS) is 21.9. The van der Waals surface area contributed by atoms with Crippen LogP contribution in [0.3, 0.4) is 0 Å². The molecule has 0 radical (unpaired) electrons. The fourth-order valence-corrected chi connectivity index (χ4v) is 1.88. The quantitative estimate of drug-likeness (QED) is 0.578. The standard InChI is InChI=1S/C13H25N3O4/c1-13(2,3)20-12(18)16-10-6-9(7-10)15-4-5-19-8-11(14)17/h9-10,15H,4-8H2,1-3H3,(H2,14,17)(H,16,18). The first-order valence-corrected chi connectivity index (χ1v) is 6.85. The highest BCUT2D eigenvalue weighted by Crippen LogP contribution is 2.20. The first-order valence-electron chi connectivity index (χ1n) is 6.85. The smallest absolute Gasteiger partial charge is 0.407 e. The minimum absolute atomic E-state index is 0.0465. The van der Waals surface area contributed by atoms with E-state index in [4.69, 9.17) is 15.2 Å². The third kappa shape index (κ3) is 7.30. The molecule has 2 amide bonds. The van der Waals surface area contributed by atoms with Gasteiger partial charge in [0.15, 0.2) is 0 Å². The molecule has 0 atom stereocenters. The number of nitrogens with one attached hydrogen (secondary N) is 2. The van der Waals surface area contributed by atoms with Crippen molar-refractivity contribution in [2.24, 2.45) is 5.73 Å². The topological polar surface area (TPSA) is 103 Å². The summed E-state index contributed by atoms with van der Waals surface area (Å²) in [5.41, 5.74) is 4.47. The molecule has 0 aliphatic heterocycles. The number of ether oxygens (including phenoxy) is 2. The van der Waals surface area contributed by atoms with Crippen molar-refractivity contribution < 1.29 is 19.1 Å². The summed E-state index contributed by atoms with van der Waals surface area (Å²) in [4.78, 5) is 21.9. The van der Waals surface area contributed by atoms with Crippen LogP contribution in [0.1, 0.15) is 33.6 Å². The molecule has 0 unspecified atom stereocenters. The number of carbonyl (C=O) groups is 2. The number of hydrogen-bond acceptors (Lipinski definition) is 5. The van der Waals surface area contributed by atoms with Crippen molar-refractivity contribution >= 4 is 12.0 Å². The van der Waals surface area contributed by atoms with Crippen LogP contribution in [0.5, 0.6) is 0 Å². The zero-order chi connectivity index (χ0) is 15.2. The maximum atomic E-state index is 11.5. The summed E-state index contributed by atoms with van der Waals surface area (Å²) in [6.07, 6.45) is 1.37. The van der Waals surface area contributed by atoms with Gasteiger partial charge in [-0.15, -0.1) is 0 Å². The predicted molar refractivity (Wildman–Crippen MR) is 74.2 cm³/mol. The first-order chi connectivity index (χ1) is 9.26. The summed E-state index contributed by atoms with van der Waals surface area (Å²) in [6.45, 7) is 6.58. The van der Waals surface area contributed by atoms with E-state index in [1.54, 1.807) is 0 Å². The van der Waals surface area contributed by atoms with E-state index in [9.17, 15) is 9.59 Å². The van der Waals surface area contributed by atoms with Crippen LogP contribution in [0.25, 0.3) is 0 Å². The molecule has 0 aromatic rings. The third-order valence-electron chi connectivity index (χ3n) is 2.78. The van der Waals surface area contributed by atoms with E-state index in [0.29, 0.717) is 19.2 Å². The lowest BCUT2D eigenvalue weighted by Gasteiger charge is -2.36. The molecule has 0 aromatic heterocycles. The molecular formula is C13H25N3O4. The van der Waals surface area contributed by atoms with Crippen LogP contribution in [0.2, 0.25) is 0 Å². The zero-order valence-corrected chi connectivity index (χ0v) is 12.4. The molecule has 0 saturated heterocycles. The number of amides is 2. The van der Waals surface area contributed by atoms with Gasteiger partial charge < -0.3 is 25.8 Å². The van der Waals surface area contributed by atoms with Gasteiger partial charge in [0.1, 0.15) is 12.2 Å². The van der Waals surface area contributed by atoms with Crippen LogP contribution in [0.4, 0.5) is 4.79 Å². The zero-order valence-electron chi connectivity index (χ0n) is 12.4. The SMILES string of the molecule is CC(C)(C)OC(=O)NC1CC(NCCOCC(N)=O)C1. The average Bonchev–Trinajstić information content (AvgIpc) is 2.21. The van der Waals surface area contributed by atoms with E-state index in [2.05, 4.69) is 10.6 Å². The lowest BCUT2D eigenvalue weighted by Crippen LogP contribution is -2.53. The molecule has 7 nitrogen and oxygen atoms in total. The lowest BCUT2D eigenvalue weighted by molar-refractivity contribution is -0.122. The maximum Gasteiger partial charge on any atom is 0.407 e. The van der Waals surface area contributed by atoms with Gasteiger partial charge in [-0.3, -0.25) is 4.79 Å². The molecule has 20 heavy (non-hydrogen) atoms. The van der Waals surface area contributed by atoms with Crippen molar-refractivity contribution in [1.82, 2.24) is 10.6 Å². The highest BCUT2D eigenvalue weighted by molar-refractivity contribution is 5.74. The fraction of sp³-hybridized carbons (Fsp3) is 0.846. The number of hydrogen-bond donors (Lipinski definition) is 3. The number of alkyl carbamates (subject to hydrolysis) is 1. The summed E-state index contributed by atoms with van der Waals surface area (Å²) in [7, 11) is 0. The predicted octanol–water partition coefficient (Wildman–Crippen LogP) is 0.134. The van der Waals surface area contributed by atoms with Crippen LogP contribution in [0.15, 0.2) is 0 Å². The van der Waals surface area contributed by atoms with Gasteiger partial charge in [-0.05, 0) is 33.6 Å². The van der Waals surface area contributed by atoms with Crippen LogP contribution in [0, 0.1) is 0 Å². The van der Waals surface area contributed by atoms with Crippen molar-refractivity contribution in [2.75, 3.05) is 19.8 Å². The van der Waals surface area contributed by atoms with Crippen LogP contribution < -0.4 is 16.4 Å². The van der Waals surface area contributed by atoms with Crippen molar-refractivity contribution in [3.8, 4) is 0 Å². The van der Waals surface area contributed by atoms with Crippen molar-refractivity contribution in [2.45, 2.75) is 51.3 Å². The largest absolute Gasteiger partial charge is 0.444 e. The molecule has 1 fully saturated rings. The molecule has 0 bridgehead atoms. The van der Waals surface area contributed by atoms with E-state index in [1.807, 2.05) is 20.8 Å². The summed E-state index contributed by atoms with van der Waals surface area (Å²) in [5.74, 6) is -0.463. The lowest BCUT2D eigenvalue weighted by atomic mass is 9.87. The number of carbonyl (C=O) groups excluding carboxylic acids is 2. The maximum absolute atomic E-state index is 11.5. The van der Waals surface area contributed by atoms with E-state index in [0.717, 1.165) is 12.8 Å². The van der Waals surface area contributed by atoms with Gasteiger partial charge in [-0.25, -0.2) is 4.79 Å². The molecule has 1 rings (SSSR count). The number of rotatable bonds is 7. The summed E-state index contributed by atoms with van der Waals surface area (Å²) in [5, 5.41) is 6.10. The molecule has 0 heterocycles. The number of nitrogens with two attached hydrogens (primary N) is 1.